The summed E-state index contributed by atoms with van der Waals surface area (Å²) < 4.78 is 49.3. The fraction of sp³-hybridized carbons (Fsp3) is 0.400. The van der Waals surface area contributed by atoms with Crippen LogP contribution in [-0.2, 0) is 0 Å². The van der Waals surface area contributed by atoms with Gasteiger partial charge in [0.15, 0.2) is 0 Å². The zero-order valence-electron chi connectivity index (χ0n) is 8.19. The third-order valence-electron chi connectivity index (χ3n) is 2.10. The van der Waals surface area contributed by atoms with Crippen LogP contribution in [0.4, 0.5) is 17.6 Å². The van der Waals surface area contributed by atoms with Crippen molar-refractivity contribution in [3.8, 4) is 0 Å². The van der Waals surface area contributed by atoms with E-state index in [1.165, 1.54) is 12.1 Å². The van der Waals surface area contributed by atoms with Gasteiger partial charge in [0.05, 0.1) is 0 Å². The number of nitrogens with two attached hydrogens (primary N) is 1. The predicted octanol–water partition coefficient (Wildman–Crippen LogP) is 3.93. The summed E-state index contributed by atoms with van der Waals surface area (Å²) in [7, 11) is 0. The van der Waals surface area contributed by atoms with Gasteiger partial charge in [-0.25, -0.2) is 4.39 Å². The molecule has 0 aromatic heterocycles. The summed E-state index contributed by atoms with van der Waals surface area (Å²) in [5.41, 5.74) is 5.93. The average molecular weight is 300 g/mol. The Labute approximate surface area is 98.8 Å². The third-order valence-corrected chi connectivity index (χ3v) is 2.82. The Hall–Kier alpha value is -0.620. The molecule has 0 aliphatic carbocycles. The lowest BCUT2D eigenvalue weighted by molar-refractivity contribution is -0.136. The smallest absolute Gasteiger partial charge is 0.324 e. The zero-order chi connectivity index (χ0) is 12.3. The van der Waals surface area contributed by atoms with Gasteiger partial charge < -0.3 is 5.73 Å². The van der Waals surface area contributed by atoms with Crippen molar-refractivity contribution in [2.75, 3.05) is 0 Å². The van der Waals surface area contributed by atoms with Crippen LogP contribution in [0.2, 0.25) is 0 Å². The molecule has 0 fully saturated rings. The minimum absolute atomic E-state index is 0.258. The molecular formula is C10H10BrF4N. The quantitative estimate of drug-likeness (QED) is 0.841. The highest BCUT2D eigenvalue weighted by molar-refractivity contribution is 9.10. The van der Waals surface area contributed by atoms with Gasteiger partial charge in [-0.05, 0) is 30.2 Å². The second-order valence-corrected chi connectivity index (χ2v) is 4.28. The van der Waals surface area contributed by atoms with E-state index in [9.17, 15) is 17.6 Å². The summed E-state index contributed by atoms with van der Waals surface area (Å²) in [6, 6.07) is 2.96. The molecule has 0 bridgehead atoms. The maximum Gasteiger partial charge on any atom is 0.389 e. The van der Waals surface area contributed by atoms with Crippen LogP contribution in [0.1, 0.15) is 24.4 Å². The van der Waals surface area contributed by atoms with Gasteiger partial charge in [0.25, 0.3) is 0 Å². The SMILES string of the molecule is N[C@H](CCC(F)(F)F)c1cc(F)ccc1Br. The molecule has 16 heavy (non-hydrogen) atoms. The van der Waals surface area contributed by atoms with Crippen LogP contribution in [0, 0.1) is 5.82 Å². The largest absolute Gasteiger partial charge is 0.389 e. The third kappa shape index (κ3) is 4.09. The normalized spacial score (nSPS) is 13.9. The first-order valence-electron chi connectivity index (χ1n) is 4.57. The van der Waals surface area contributed by atoms with Gasteiger partial charge >= 0.3 is 6.18 Å². The maximum absolute atomic E-state index is 12.9. The van der Waals surface area contributed by atoms with Crippen molar-refractivity contribution in [3.05, 3.63) is 34.1 Å². The molecule has 0 saturated heterocycles. The maximum atomic E-state index is 12.9. The van der Waals surface area contributed by atoms with Crippen LogP contribution < -0.4 is 5.73 Å². The number of benzene rings is 1. The highest BCUT2D eigenvalue weighted by atomic mass is 79.9. The molecule has 0 unspecified atom stereocenters. The first-order valence-corrected chi connectivity index (χ1v) is 5.36. The summed E-state index contributed by atoms with van der Waals surface area (Å²) in [5, 5.41) is 0. The molecule has 1 rings (SSSR count). The fourth-order valence-corrected chi connectivity index (χ4v) is 1.81. The van der Waals surface area contributed by atoms with Crippen molar-refractivity contribution < 1.29 is 17.6 Å². The molecule has 0 radical (unpaired) electrons. The zero-order valence-corrected chi connectivity index (χ0v) is 9.78. The number of hydrogen-bond acceptors (Lipinski definition) is 1. The molecule has 0 heterocycles. The molecule has 1 nitrogen and oxygen atoms in total. The summed E-state index contributed by atoms with van der Waals surface area (Å²) >= 11 is 3.12. The lowest BCUT2D eigenvalue weighted by atomic mass is 10.0. The van der Waals surface area contributed by atoms with Crippen molar-refractivity contribution in [3.63, 3.8) is 0 Å². The van der Waals surface area contributed by atoms with E-state index in [2.05, 4.69) is 15.9 Å². The minimum Gasteiger partial charge on any atom is -0.324 e. The van der Waals surface area contributed by atoms with Gasteiger partial charge in [-0.15, -0.1) is 0 Å². The van der Waals surface area contributed by atoms with Crippen molar-refractivity contribution in [1.82, 2.24) is 0 Å². The van der Waals surface area contributed by atoms with Gasteiger partial charge in [0.2, 0.25) is 0 Å². The number of rotatable bonds is 3. The molecule has 6 heteroatoms. The molecule has 2 N–H and O–H groups in total. The Morgan fingerprint density at radius 2 is 1.94 bits per heavy atom. The Morgan fingerprint density at radius 1 is 1.31 bits per heavy atom. The Balaban J connectivity index is 2.73. The van der Waals surface area contributed by atoms with Crippen molar-refractivity contribution >= 4 is 15.9 Å². The Kier molecular flexibility index (Phi) is 4.32. The van der Waals surface area contributed by atoms with E-state index in [0.29, 0.717) is 10.0 Å². The van der Waals surface area contributed by atoms with Crippen LogP contribution in [0.15, 0.2) is 22.7 Å². The molecule has 0 amide bonds. The van der Waals surface area contributed by atoms with E-state index >= 15 is 0 Å². The molecule has 1 aromatic rings. The van der Waals surface area contributed by atoms with E-state index in [-0.39, 0.29) is 6.42 Å². The number of halogens is 5. The molecule has 1 atom stereocenters. The van der Waals surface area contributed by atoms with Crippen LogP contribution in [0.5, 0.6) is 0 Å². The van der Waals surface area contributed by atoms with E-state index in [4.69, 9.17) is 5.73 Å². The van der Waals surface area contributed by atoms with Gasteiger partial charge in [-0.1, -0.05) is 15.9 Å². The Bertz CT molecular complexity index is 364. The molecule has 0 aliphatic heterocycles. The predicted molar refractivity (Wildman–Crippen MR) is 56.3 cm³/mol. The lowest BCUT2D eigenvalue weighted by Crippen LogP contribution is -2.16. The number of hydrogen-bond donors (Lipinski definition) is 1. The second-order valence-electron chi connectivity index (χ2n) is 3.43. The van der Waals surface area contributed by atoms with Gasteiger partial charge in [-0.3, -0.25) is 0 Å². The minimum atomic E-state index is -4.24. The summed E-state index contributed by atoms with van der Waals surface area (Å²) in [6.45, 7) is 0. The highest BCUT2D eigenvalue weighted by Crippen LogP contribution is 2.30. The van der Waals surface area contributed by atoms with Crippen molar-refractivity contribution in [2.24, 2.45) is 5.73 Å². The Morgan fingerprint density at radius 3 is 2.50 bits per heavy atom. The average Bonchev–Trinajstić information content (AvgIpc) is 2.17. The standard InChI is InChI=1S/C10H10BrF4N/c11-8-2-1-6(12)5-7(8)9(16)3-4-10(13,14)15/h1-2,5,9H,3-4,16H2/t9-/m1/s1. The van der Waals surface area contributed by atoms with Crippen LogP contribution in [-0.4, -0.2) is 6.18 Å². The fourth-order valence-electron chi connectivity index (χ4n) is 1.27. The first-order chi connectivity index (χ1) is 7.29. The highest BCUT2D eigenvalue weighted by Gasteiger charge is 2.28. The van der Waals surface area contributed by atoms with Gasteiger partial charge in [0.1, 0.15) is 5.82 Å². The van der Waals surface area contributed by atoms with E-state index in [0.717, 1.165) is 6.07 Å². The summed E-state index contributed by atoms with van der Waals surface area (Å²) in [4.78, 5) is 0. The molecule has 90 valence electrons. The molecule has 1 aromatic carbocycles. The number of alkyl halides is 3. The summed E-state index contributed by atoms with van der Waals surface area (Å²) in [5.74, 6) is -0.513. The van der Waals surface area contributed by atoms with E-state index in [1.807, 2.05) is 0 Å². The molecular weight excluding hydrogens is 290 g/mol. The van der Waals surface area contributed by atoms with Crippen LogP contribution in [0.25, 0.3) is 0 Å². The molecule has 0 aliphatic rings. The topological polar surface area (TPSA) is 26.0 Å². The van der Waals surface area contributed by atoms with Crippen LogP contribution in [0.3, 0.4) is 0 Å². The second kappa shape index (κ2) is 5.14. The first kappa shape index (κ1) is 13.4. The van der Waals surface area contributed by atoms with E-state index in [1.54, 1.807) is 0 Å². The van der Waals surface area contributed by atoms with Crippen molar-refractivity contribution in [2.45, 2.75) is 25.1 Å². The summed E-state index contributed by atoms with van der Waals surface area (Å²) in [6.07, 6.45) is -5.47. The lowest BCUT2D eigenvalue weighted by Gasteiger charge is -2.15. The molecule has 0 saturated carbocycles. The van der Waals surface area contributed by atoms with Gasteiger partial charge in [-0.2, -0.15) is 13.2 Å². The monoisotopic (exact) mass is 299 g/mol. The van der Waals surface area contributed by atoms with Crippen molar-refractivity contribution in [1.29, 1.82) is 0 Å². The molecule has 0 spiro atoms. The van der Waals surface area contributed by atoms with E-state index < -0.39 is 24.5 Å². The van der Waals surface area contributed by atoms with Crippen LogP contribution >= 0.6 is 15.9 Å². The van der Waals surface area contributed by atoms with Gasteiger partial charge in [0, 0.05) is 16.9 Å².